The Morgan fingerprint density at radius 3 is 3.05 bits per heavy atom. The molecule has 0 bridgehead atoms. The Kier molecular flexibility index (Phi) is 3.71. The van der Waals surface area contributed by atoms with E-state index in [2.05, 4.69) is 12.2 Å². The maximum absolute atomic E-state index is 9.76. The van der Waals surface area contributed by atoms with Gasteiger partial charge in [-0.1, -0.05) is 24.6 Å². The minimum absolute atomic E-state index is 0.263. The summed E-state index contributed by atoms with van der Waals surface area (Å²) in [5, 5.41) is 11.2. The molecule has 0 aromatic heterocycles. The summed E-state index contributed by atoms with van der Waals surface area (Å²) < 4.78 is 10.6. The number of hydroxylamine groups is 2. The van der Waals surface area contributed by atoms with Gasteiger partial charge in [0.2, 0.25) is 6.79 Å². The van der Waals surface area contributed by atoms with E-state index in [9.17, 15) is 5.21 Å². The zero-order valence-corrected chi connectivity index (χ0v) is 10.9. The maximum Gasteiger partial charge on any atom is 0.231 e. The van der Waals surface area contributed by atoms with Crippen LogP contribution in [0.4, 0.5) is 0 Å². The van der Waals surface area contributed by atoms with Crippen LogP contribution in [0.3, 0.4) is 0 Å². The second-order valence-corrected chi connectivity index (χ2v) is 5.06. The molecule has 102 valence electrons. The summed E-state index contributed by atoms with van der Waals surface area (Å²) in [5.41, 5.74) is 1.10. The summed E-state index contributed by atoms with van der Waals surface area (Å²) >= 11 is 0. The van der Waals surface area contributed by atoms with E-state index in [1.54, 1.807) is 0 Å². The molecule has 0 radical (unpaired) electrons. The fourth-order valence-corrected chi connectivity index (χ4v) is 2.60. The summed E-state index contributed by atoms with van der Waals surface area (Å²) in [6.45, 7) is 1.10. The van der Waals surface area contributed by atoms with Gasteiger partial charge in [0.05, 0.1) is 0 Å². The molecule has 1 saturated heterocycles. The van der Waals surface area contributed by atoms with E-state index < -0.39 is 0 Å². The van der Waals surface area contributed by atoms with Crippen molar-refractivity contribution in [3.8, 4) is 11.5 Å². The molecule has 0 saturated carbocycles. The van der Waals surface area contributed by atoms with Crippen molar-refractivity contribution in [2.45, 2.75) is 31.7 Å². The van der Waals surface area contributed by atoms with Crippen molar-refractivity contribution in [2.75, 3.05) is 13.3 Å². The number of hydrogen-bond donors (Lipinski definition) is 1. The van der Waals surface area contributed by atoms with Crippen LogP contribution in [-0.4, -0.2) is 29.7 Å². The lowest BCUT2D eigenvalue weighted by molar-refractivity contribution is -0.140. The van der Waals surface area contributed by atoms with E-state index in [1.807, 2.05) is 18.2 Å². The van der Waals surface area contributed by atoms with Gasteiger partial charge < -0.3 is 14.7 Å². The van der Waals surface area contributed by atoms with Gasteiger partial charge >= 0.3 is 0 Å². The molecule has 2 aliphatic heterocycles. The van der Waals surface area contributed by atoms with Crippen molar-refractivity contribution in [1.29, 1.82) is 0 Å². The Morgan fingerprint density at radius 1 is 1.26 bits per heavy atom. The molecule has 0 spiro atoms. The molecule has 2 aliphatic rings. The Balaban J connectivity index is 1.60. The normalized spacial score (nSPS) is 23.1. The SMILES string of the molecule is ON1CCCCC1CC=Cc1ccc2c(c1)OCO2. The number of fused-ring (bicyclic) bond motifs is 1. The summed E-state index contributed by atoms with van der Waals surface area (Å²) in [7, 11) is 0. The molecule has 1 aromatic rings. The quantitative estimate of drug-likeness (QED) is 0.908. The first kappa shape index (κ1) is 12.5. The molecule has 1 N–H and O–H groups in total. The highest BCUT2D eigenvalue weighted by Gasteiger charge is 2.19. The fourth-order valence-electron chi connectivity index (χ4n) is 2.60. The van der Waals surface area contributed by atoms with E-state index >= 15 is 0 Å². The van der Waals surface area contributed by atoms with Crippen LogP contribution < -0.4 is 9.47 Å². The molecule has 1 aromatic carbocycles. The first-order valence-electron chi connectivity index (χ1n) is 6.84. The molecule has 1 fully saturated rings. The van der Waals surface area contributed by atoms with Crippen molar-refractivity contribution in [3.63, 3.8) is 0 Å². The van der Waals surface area contributed by atoms with Crippen molar-refractivity contribution in [3.05, 3.63) is 29.8 Å². The Bertz CT molecular complexity index is 472. The zero-order chi connectivity index (χ0) is 13.1. The Morgan fingerprint density at radius 2 is 2.16 bits per heavy atom. The lowest BCUT2D eigenvalue weighted by Crippen LogP contribution is -2.36. The average Bonchev–Trinajstić information content (AvgIpc) is 2.88. The van der Waals surface area contributed by atoms with Crippen LogP contribution >= 0.6 is 0 Å². The highest BCUT2D eigenvalue weighted by atomic mass is 16.7. The summed E-state index contributed by atoms with van der Waals surface area (Å²) in [6.07, 6.45) is 8.45. The van der Waals surface area contributed by atoms with Crippen LogP contribution in [-0.2, 0) is 0 Å². The molecular formula is C15H19NO3. The number of benzene rings is 1. The van der Waals surface area contributed by atoms with Gasteiger partial charge in [-0.05, 0) is 37.0 Å². The monoisotopic (exact) mass is 261 g/mol. The van der Waals surface area contributed by atoms with Crippen LogP contribution in [0.2, 0.25) is 0 Å². The first-order valence-corrected chi connectivity index (χ1v) is 6.84. The third-order valence-electron chi connectivity index (χ3n) is 3.71. The van der Waals surface area contributed by atoms with Gasteiger partial charge in [-0.25, -0.2) is 0 Å². The van der Waals surface area contributed by atoms with Gasteiger partial charge in [-0.3, -0.25) is 0 Å². The van der Waals surface area contributed by atoms with E-state index in [1.165, 1.54) is 11.5 Å². The van der Waals surface area contributed by atoms with E-state index in [0.717, 1.165) is 42.9 Å². The van der Waals surface area contributed by atoms with Crippen molar-refractivity contribution < 1.29 is 14.7 Å². The number of rotatable bonds is 3. The van der Waals surface area contributed by atoms with Crippen LogP contribution in [0.5, 0.6) is 11.5 Å². The summed E-state index contributed by atoms with van der Waals surface area (Å²) in [6, 6.07) is 6.19. The minimum Gasteiger partial charge on any atom is -0.454 e. The molecule has 1 unspecified atom stereocenters. The topological polar surface area (TPSA) is 41.9 Å². The van der Waals surface area contributed by atoms with Gasteiger partial charge in [0.25, 0.3) is 0 Å². The van der Waals surface area contributed by atoms with Crippen molar-refractivity contribution in [2.24, 2.45) is 0 Å². The van der Waals surface area contributed by atoms with Crippen LogP contribution in [0.25, 0.3) is 6.08 Å². The van der Waals surface area contributed by atoms with E-state index in [4.69, 9.17) is 9.47 Å². The van der Waals surface area contributed by atoms with Gasteiger partial charge in [-0.15, -0.1) is 0 Å². The fraction of sp³-hybridized carbons (Fsp3) is 0.467. The molecular weight excluding hydrogens is 242 g/mol. The van der Waals surface area contributed by atoms with Gasteiger partial charge in [0.15, 0.2) is 11.5 Å². The van der Waals surface area contributed by atoms with Crippen LogP contribution in [0, 0.1) is 0 Å². The molecule has 1 atom stereocenters. The molecule has 0 amide bonds. The smallest absolute Gasteiger partial charge is 0.231 e. The molecule has 2 heterocycles. The van der Waals surface area contributed by atoms with E-state index in [-0.39, 0.29) is 6.04 Å². The second kappa shape index (κ2) is 5.63. The number of ether oxygens (including phenoxy) is 2. The Hall–Kier alpha value is -1.52. The van der Waals surface area contributed by atoms with Crippen molar-refractivity contribution in [1.82, 2.24) is 5.06 Å². The minimum atomic E-state index is 0.263. The number of piperidine rings is 1. The Labute approximate surface area is 113 Å². The molecule has 3 rings (SSSR count). The third kappa shape index (κ3) is 2.91. The zero-order valence-electron chi connectivity index (χ0n) is 10.9. The summed E-state index contributed by atoms with van der Waals surface area (Å²) in [4.78, 5) is 0. The molecule has 4 heteroatoms. The number of hydrogen-bond acceptors (Lipinski definition) is 4. The lowest BCUT2D eigenvalue weighted by atomic mass is 10.0. The average molecular weight is 261 g/mol. The standard InChI is InChI=1S/C15H19NO3/c17-16-9-2-1-5-13(16)6-3-4-12-7-8-14-15(10-12)19-11-18-14/h3-4,7-8,10,13,17H,1-2,5-6,9,11H2. The van der Waals surface area contributed by atoms with E-state index in [0.29, 0.717) is 6.79 Å². The molecule has 19 heavy (non-hydrogen) atoms. The first-order chi connectivity index (χ1) is 9.33. The van der Waals surface area contributed by atoms with Crippen LogP contribution in [0.1, 0.15) is 31.2 Å². The molecule has 4 nitrogen and oxygen atoms in total. The predicted molar refractivity (Wildman–Crippen MR) is 72.3 cm³/mol. The predicted octanol–water partition coefficient (Wildman–Crippen LogP) is 3.06. The lowest BCUT2D eigenvalue weighted by Gasteiger charge is -2.29. The van der Waals surface area contributed by atoms with Crippen molar-refractivity contribution >= 4 is 6.08 Å². The largest absolute Gasteiger partial charge is 0.454 e. The van der Waals surface area contributed by atoms with Gasteiger partial charge in [0.1, 0.15) is 0 Å². The molecule has 0 aliphatic carbocycles. The van der Waals surface area contributed by atoms with Crippen LogP contribution in [0.15, 0.2) is 24.3 Å². The third-order valence-corrected chi connectivity index (χ3v) is 3.71. The number of nitrogens with zero attached hydrogens (tertiary/aromatic N) is 1. The summed E-state index contributed by atoms with van der Waals surface area (Å²) in [5.74, 6) is 1.62. The van der Waals surface area contributed by atoms with Gasteiger partial charge in [-0.2, -0.15) is 5.06 Å². The maximum atomic E-state index is 9.76. The second-order valence-electron chi connectivity index (χ2n) is 5.06. The highest BCUT2D eigenvalue weighted by molar-refractivity contribution is 5.56. The highest BCUT2D eigenvalue weighted by Crippen LogP contribution is 2.32. The van der Waals surface area contributed by atoms with Gasteiger partial charge in [0, 0.05) is 12.6 Å².